The van der Waals surface area contributed by atoms with Gasteiger partial charge in [-0.15, -0.1) is 0 Å². The zero-order chi connectivity index (χ0) is 12.8. The van der Waals surface area contributed by atoms with Gasteiger partial charge in [0.25, 0.3) is 0 Å². The van der Waals surface area contributed by atoms with Crippen LogP contribution in [0.15, 0.2) is 22.7 Å². The second-order valence-electron chi connectivity index (χ2n) is 3.68. The third-order valence-corrected chi connectivity index (χ3v) is 3.04. The lowest BCUT2D eigenvalue weighted by molar-refractivity contribution is -0.119. The number of carbonyl (C=O) groups is 1. The van der Waals surface area contributed by atoms with Crippen molar-refractivity contribution in [2.24, 2.45) is 0 Å². The fourth-order valence-electron chi connectivity index (χ4n) is 1.57. The van der Waals surface area contributed by atoms with Gasteiger partial charge in [0.15, 0.2) is 0 Å². The first-order valence-corrected chi connectivity index (χ1v) is 6.44. The van der Waals surface area contributed by atoms with Gasteiger partial charge >= 0.3 is 0 Å². The Kier molecular flexibility index (Phi) is 5.28. The molecule has 1 amide bonds. The smallest absolute Gasteiger partial charge is 0.239 e. The topological polar surface area (TPSA) is 58.4 Å². The molecule has 0 aromatic heterocycles. The number of carbonyl (C=O) groups excluding carboxylic acids is 1. The van der Waals surface area contributed by atoms with Crippen LogP contribution in [0.4, 0.5) is 11.4 Å². The first-order valence-electron chi connectivity index (χ1n) is 5.65. The summed E-state index contributed by atoms with van der Waals surface area (Å²) in [5.41, 5.74) is 7.37. The zero-order valence-corrected chi connectivity index (χ0v) is 11.8. The summed E-state index contributed by atoms with van der Waals surface area (Å²) in [6.45, 7) is 5.70. The van der Waals surface area contributed by atoms with Gasteiger partial charge in [0.05, 0.1) is 12.2 Å². The van der Waals surface area contributed by atoms with Gasteiger partial charge in [-0.3, -0.25) is 4.79 Å². The molecule has 0 bridgehead atoms. The van der Waals surface area contributed by atoms with E-state index < -0.39 is 0 Å². The van der Waals surface area contributed by atoms with Crippen LogP contribution in [0.5, 0.6) is 0 Å². The lowest BCUT2D eigenvalue weighted by Crippen LogP contribution is -2.37. The van der Waals surface area contributed by atoms with Gasteiger partial charge in [0, 0.05) is 23.2 Å². The summed E-state index contributed by atoms with van der Waals surface area (Å²) in [4.78, 5) is 13.6. The predicted molar refractivity (Wildman–Crippen MR) is 75.1 cm³/mol. The molecular formula is C12H18BrN3O. The molecule has 0 aliphatic rings. The molecule has 0 saturated heterocycles. The number of nitrogen functional groups attached to an aromatic ring is 1. The molecule has 0 aliphatic heterocycles. The number of benzene rings is 1. The molecule has 5 heteroatoms. The largest absolute Gasteiger partial charge is 0.399 e. The van der Waals surface area contributed by atoms with E-state index in [1.807, 2.05) is 36.9 Å². The van der Waals surface area contributed by atoms with Gasteiger partial charge in [-0.25, -0.2) is 0 Å². The molecule has 17 heavy (non-hydrogen) atoms. The third kappa shape index (κ3) is 3.93. The Bertz CT molecular complexity index is 395. The highest BCUT2D eigenvalue weighted by Gasteiger charge is 2.12. The van der Waals surface area contributed by atoms with Crippen molar-refractivity contribution in [1.82, 2.24) is 5.32 Å². The second kappa shape index (κ2) is 6.49. The van der Waals surface area contributed by atoms with Crippen LogP contribution in [0.25, 0.3) is 0 Å². The van der Waals surface area contributed by atoms with Gasteiger partial charge in [-0.05, 0) is 48.0 Å². The molecule has 0 saturated carbocycles. The summed E-state index contributed by atoms with van der Waals surface area (Å²) in [6, 6.07) is 5.60. The van der Waals surface area contributed by atoms with Crippen LogP contribution in [0.1, 0.15) is 13.8 Å². The Hall–Kier alpha value is -1.23. The number of nitrogens with one attached hydrogen (secondary N) is 1. The number of nitrogens with zero attached hydrogens (tertiary/aromatic N) is 1. The molecule has 1 rings (SSSR count). The molecule has 0 aliphatic carbocycles. The van der Waals surface area contributed by atoms with Crippen molar-refractivity contribution in [3.63, 3.8) is 0 Å². The quantitative estimate of drug-likeness (QED) is 0.818. The van der Waals surface area contributed by atoms with Gasteiger partial charge < -0.3 is 16.0 Å². The Morgan fingerprint density at radius 1 is 1.47 bits per heavy atom. The number of amides is 1. The number of hydrogen-bond acceptors (Lipinski definition) is 3. The third-order valence-electron chi connectivity index (χ3n) is 2.40. The number of nitrogens with two attached hydrogens (primary N) is 1. The van der Waals surface area contributed by atoms with E-state index in [1.165, 1.54) is 0 Å². The highest BCUT2D eigenvalue weighted by molar-refractivity contribution is 9.10. The lowest BCUT2D eigenvalue weighted by Gasteiger charge is -2.23. The van der Waals surface area contributed by atoms with Crippen molar-refractivity contribution in [1.29, 1.82) is 0 Å². The van der Waals surface area contributed by atoms with Gasteiger partial charge in [-0.2, -0.15) is 0 Å². The molecule has 1 aromatic rings. The van der Waals surface area contributed by atoms with E-state index in [4.69, 9.17) is 5.73 Å². The average molecular weight is 300 g/mol. The molecule has 94 valence electrons. The van der Waals surface area contributed by atoms with Crippen molar-refractivity contribution in [3.8, 4) is 0 Å². The van der Waals surface area contributed by atoms with E-state index in [-0.39, 0.29) is 5.91 Å². The summed E-state index contributed by atoms with van der Waals surface area (Å²) in [7, 11) is 0. The zero-order valence-electron chi connectivity index (χ0n) is 10.2. The Morgan fingerprint density at radius 3 is 2.71 bits per heavy atom. The van der Waals surface area contributed by atoms with Crippen LogP contribution in [-0.2, 0) is 4.79 Å². The molecule has 0 fully saturated rings. The Morgan fingerprint density at radius 2 is 2.18 bits per heavy atom. The summed E-state index contributed by atoms with van der Waals surface area (Å²) in [5.74, 6) is 0.0260. The number of likely N-dealkylation sites (N-methyl/N-ethyl adjacent to an activating group) is 2. The number of anilines is 2. The first kappa shape index (κ1) is 13.8. The summed E-state index contributed by atoms with van der Waals surface area (Å²) in [6.07, 6.45) is 0. The van der Waals surface area contributed by atoms with Crippen LogP contribution in [0.2, 0.25) is 0 Å². The normalized spacial score (nSPS) is 10.1. The van der Waals surface area contributed by atoms with Crippen LogP contribution >= 0.6 is 15.9 Å². The number of rotatable bonds is 5. The van der Waals surface area contributed by atoms with Gasteiger partial charge in [0.1, 0.15) is 0 Å². The van der Waals surface area contributed by atoms with Gasteiger partial charge in [0.2, 0.25) is 5.91 Å². The minimum Gasteiger partial charge on any atom is -0.399 e. The first-order chi connectivity index (χ1) is 8.08. The maximum Gasteiger partial charge on any atom is 0.239 e. The molecule has 1 aromatic carbocycles. The molecular weight excluding hydrogens is 282 g/mol. The van der Waals surface area contributed by atoms with Crippen LogP contribution in [0.3, 0.4) is 0 Å². The SMILES string of the molecule is CCNC(=O)CN(CC)c1ccc(N)cc1Br. The van der Waals surface area contributed by atoms with E-state index >= 15 is 0 Å². The molecule has 0 heterocycles. The van der Waals surface area contributed by atoms with E-state index in [2.05, 4.69) is 21.2 Å². The molecule has 0 radical (unpaired) electrons. The van der Waals surface area contributed by atoms with Crippen LogP contribution in [0, 0.1) is 0 Å². The fraction of sp³-hybridized carbons (Fsp3) is 0.417. The highest BCUT2D eigenvalue weighted by atomic mass is 79.9. The predicted octanol–water partition coefficient (Wildman–Crippen LogP) is 1.99. The van der Waals surface area contributed by atoms with Crippen LogP contribution < -0.4 is 16.0 Å². The Balaban J connectivity index is 2.82. The minimum atomic E-state index is 0.0260. The molecule has 0 spiro atoms. The number of halogens is 1. The molecule has 0 atom stereocenters. The van der Waals surface area contributed by atoms with E-state index in [1.54, 1.807) is 0 Å². The minimum absolute atomic E-state index is 0.0260. The summed E-state index contributed by atoms with van der Waals surface area (Å²) in [5, 5.41) is 2.79. The fourth-order valence-corrected chi connectivity index (χ4v) is 2.22. The molecule has 0 unspecified atom stereocenters. The maximum atomic E-state index is 11.6. The second-order valence-corrected chi connectivity index (χ2v) is 4.53. The van der Waals surface area contributed by atoms with E-state index in [0.29, 0.717) is 18.8 Å². The van der Waals surface area contributed by atoms with Crippen molar-refractivity contribution >= 4 is 33.2 Å². The number of hydrogen-bond donors (Lipinski definition) is 2. The Labute approximate surface area is 110 Å². The summed E-state index contributed by atoms with van der Waals surface area (Å²) >= 11 is 3.46. The van der Waals surface area contributed by atoms with Crippen molar-refractivity contribution in [2.45, 2.75) is 13.8 Å². The summed E-state index contributed by atoms with van der Waals surface area (Å²) < 4.78 is 0.906. The van der Waals surface area contributed by atoms with Crippen molar-refractivity contribution in [2.75, 3.05) is 30.3 Å². The lowest BCUT2D eigenvalue weighted by atomic mass is 10.2. The molecule has 4 nitrogen and oxygen atoms in total. The highest BCUT2D eigenvalue weighted by Crippen LogP contribution is 2.27. The standard InChI is InChI=1S/C12H18BrN3O/c1-3-15-12(17)8-16(4-2)11-6-5-9(14)7-10(11)13/h5-7H,3-4,8,14H2,1-2H3,(H,15,17). The van der Waals surface area contributed by atoms with E-state index in [0.717, 1.165) is 16.7 Å². The van der Waals surface area contributed by atoms with Crippen molar-refractivity contribution < 1.29 is 4.79 Å². The van der Waals surface area contributed by atoms with Crippen molar-refractivity contribution in [3.05, 3.63) is 22.7 Å². The average Bonchev–Trinajstić information content (AvgIpc) is 2.27. The van der Waals surface area contributed by atoms with E-state index in [9.17, 15) is 4.79 Å². The van der Waals surface area contributed by atoms with Gasteiger partial charge in [-0.1, -0.05) is 0 Å². The molecule has 3 N–H and O–H groups in total. The monoisotopic (exact) mass is 299 g/mol. The van der Waals surface area contributed by atoms with Crippen LogP contribution in [-0.4, -0.2) is 25.5 Å². The maximum absolute atomic E-state index is 11.6.